The first-order chi connectivity index (χ1) is 11.0. The summed E-state index contributed by atoms with van der Waals surface area (Å²) in [6, 6.07) is 13.1. The molecule has 0 radical (unpaired) electrons. The van der Waals surface area contributed by atoms with Crippen LogP contribution in [0.4, 0.5) is 6.01 Å². The van der Waals surface area contributed by atoms with Crippen LogP contribution >= 0.6 is 15.9 Å². The normalized spacial score (nSPS) is 10.6. The van der Waals surface area contributed by atoms with Gasteiger partial charge >= 0.3 is 6.01 Å². The quantitative estimate of drug-likeness (QED) is 0.742. The standard InChI is InChI=1S/C17H14BrN3O2/c1-10-7-11(2)9-13(8-10)16-20-21-17(23-16)19-15(22)12-3-5-14(18)6-4-12/h3-9H,1-2H3,(H,19,21,22). The number of benzene rings is 2. The molecular weight excluding hydrogens is 358 g/mol. The second-order valence-corrected chi connectivity index (χ2v) is 6.17. The van der Waals surface area contributed by atoms with Gasteiger partial charge in [0.2, 0.25) is 5.89 Å². The van der Waals surface area contributed by atoms with Gasteiger partial charge in [-0.05, 0) is 50.2 Å². The van der Waals surface area contributed by atoms with Crippen molar-refractivity contribution >= 4 is 27.9 Å². The van der Waals surface area contributed by atoms with Crippen molar-refractivity contribution in [3.63, 3.8) is 0 Å². The lowest BCUT2D eigenvalue weighted by Crippen LogP contribution is -2.11. The largest absolute Gasteiger partial charge is 0.403 e. The summed E-state index contributed by atoms with van der Waals surface area (Å²) in [5.41, 5.74) is 3.57. The smallest absolute Gasteiger partial charge is 0.322 e. The summed E-state index contributed by atoms with van der Waals surface area (Å²) in [4.78, 5) is 12.1. The summed E-state index contributed by atoms with van der Waals surface area (Å²) in [7, 11) is 0. The first-order valence-corrected chi connectivity index (χ1v) is 7.79. The lowest BCUT2D eigenvalue weighted by molar-refractivity contribution is 0.102. The molecule has 0 spiro atoms. The molecule has 3 aromatic rings. The molecule has 5 nitrogen and oxygen atoms in total. The van der Waals surface area contributed by atoms with Crippen LogP contribution in [0.5, 0.6) is 0 Å². The maximum atomic E-state index is 12.1. The molecule has 0 aliphatic carbocycles. The van der Waals surface area contributed by atoms with Gasteiger partial charge in [-0.1, -0.05) is 38.2 Å². The third-order valence-corrected chi connectivity index (χ3v) is 3.75. The molecule has 1 heterocycles. The third-order valence-electron chi connectivity index (χ3n) is 3.22. The van der Waals surface area contributed by atoms with E-state index in [1.54, 1.807) is 24.3 Å². The zero-order chi connectivity index (χ0) is 16.4. The maximum absolute atomic E-state index is 12.1. The highest BCUT2D eigenvalue weighted by atomic mass is 79.9. The van der Waals surface area contributed by atoms with Crippen molar-refractivity contribution in [2.75, 3.05) is 5.32 Å². The van der Waals surface area contributed by atoms with Gasteiger partial charge in [-0.25, -0.2) is 0 Å². The van der Waals surface area contributed by atoms with Crippen LogP contribution < -0.4 is 5.32 Å². The van der Waals surface area contributed by atoms with E-state index in [4.69, 9.17) is 4.42 Å². The molecule has 0 bridgehead atoms. The fraction of sp³-hybridized carbons (Fsp3) is 0.118. The molecule has 1 aromatic heterocycles. The summed E-state index contributed by atoms with van der Waals surface area (Å²) < 4.78 is 6.44. The monoisotopic (exact) mass is 371 g/mol. The van der Waals surface area contributed by atoms with Gasteiger partial charge < -0.3 is 4.42 Å². The van der Waals surface area contributed by atoms with Crippen LogP contribution in [0.15, 0.2) is 51.4 Å². The molecule has 0 aliphatic heterocycles. The zero-order valence-corrected chi connectivity index (χ0v) is 14.2. The van der Waals surface area contributed by atoms with E-state index >= 15 is 0 Å². The number of aryl methyl sites for hydroxylation is 2. The number of amides is 1. The molecule has 0 atom stereocenters. The first kappa shape index (κ1) is 15.4. The third kappa shape index (κ3) is 3.65. The summed E-state index contributed by atoms with van der Waals surface area (Å²) in [6.45, 7) is 4.01. The van der Waals surface area contributed by atoms with Gasteiger partial charge in [0.15, 0.2) is 0 Å². The summed E-state index contributed by atoms with van der Waals surface area (Å²) in [5, 5.41) is 10.5. The van der Waals surface area contributed by atoms with E-state index in [9.17, 15) is 4.79 Å². The number of hydrogen-bond donors (Lipinski definition) is 1. The molecule has 0 fully saturated rings. The average molecular weight is 372 g/mol. The fourth-order valence-corrected chi connectivity index (χ4v) is 2.52. The molecule has 3 rings (SSSR count). The second-order valence-electron chi connectivity index (χ2n) is 5.25. The Hall–Kier alpha value is -2.47. The van der Waals surface area contributed by atoms with Gasteiger partial charge in [-0.2, -0.15) is 0 Å². The van der Waals surface area contributed by atoms with E-state index < -0.39 is 0 Å². The number of aromatic nitrogens is 2. The van der Waals surface area contributed by atoms with E-state index in [1.165, 1.54) is 0 Å². The molecule has 116 valence electrons. The minimum atomic E-state index is -0.298. The van der Waals surface area contributed by atoms with Crippen LogP contribution in [-0.2, 0) is 0 Å². The number of nitrogens with one attached hydrogen (secondary N) is 1. The fourth-order valence-electron chi connectivity index (χ4n) is 2.26. The van der Waals surface area contributed by atoms with Gasteiger partial charge in [0.25, 0.3) is 5.91 Å². The predicted molar refractivity (Wildman–Crippen MR) is 91.3 cm³/mol. The van der Waals surface area contributed by atoms with E-state index in [1.807, 2.05) is 26.0 Å². The van der Waals surface area contributed by atoms with Crippen molar-refractivity contribution in [3.8, 4) is 11.5 Å². The minimum Gasteiger partial charge on any atom is -0.403 e. The van der Waals surface area contributed by atoms with E-state index in [0.29, 0.717) is 11.5 Å². The van der Waals surface area contributed by atoms with Crippen LogP contribution in [0.25, 0.3) is 11.5 Å². The number of hydrogen-bond acceptors (Lipinski definition) is 4. The van der Waals surface area contributed by atoms with Crippen molar-refractivity contribution < 1.29 is 9.21 Å². The average Bonchev–Trinajstić information content (AvgIpc) is 2.95. The minimum absolute atomic E-state index is 0.0760. The Kier molecular flexibility index (Phi) is 4.25. The molecule has 1 N–H and O–H groups in total. The van der Waals surface area contributed by atoms with E-state index in [2.05, 4.69) is 37.5 Å². The van der Waals surface area contributed by atoms with Gasteiger partial charge in [-0.3, -0.25) is 10.1 Å². The topological polar surface area (TPSA) is 68.0 Å². The summed E-state index contributed by atoms with van der Waals surface area (Å²) in [6.07, 6.45) is 0. The highest BCUT2D eigenvalue weighted by molar-refractivity contribution is 9.10. The van der Waals surface area contributed by atoms with Crippen molar-refractivity contribution in [2.24, 2.45) is 0 Å². The summed E-state index contributed by atoms with van der Waals surface area (Å²) in [5.74, 6) is 0.0797. The SMILES string of the molecule is Cc1cc(C)cc(-c2nnc(NC(=O)c3ccc(Br)cc3)o2)c1. The highest BCUT2D eigenvalue weighted by Gasteiger charge is 2.13. The molecule has 2 aromatic carbocycles. The van der Waals surface area contributed by atoms with E-state index in [-0.39, 0.29) is 11.9 Å². The highest BCUT2D eigenvalue weighted by Crippen LogP contribution is 2.22. The Morgan fingerprint density at radius 3 is 2.35 bits per heavy atom. The lowest BCUT2D eigenvalue weighted by Gasteiger charge is -2.01. The number of anilines is 1. The molecule has 0 saturated heterocycles. The number of carbonyl (C=O) groups is 1. The molecule has 0 unspecified atom stereocenters. The predicted octanol–water partition coefficient (Wildman–Crippen LogP) is 4.37. The summed E-state index contributed by atoms with van der Waals surface area (Å²) >= 11 is 3.33. The van der Waals surface area contributed by atoms with Crippen molar-refractivity contribution in [1.82, 2.24) is 10.2 Å². The number of carbonyl (C=O) groups excluding carboxylic acids is 1. The van der Waals surface area contributed by atoms with Crippen molar-refractivity contribution in [3.05, 3.63) is 63.6 Å². The Balaban J connectivity index is 1.79. The first-order valence-electron chi connectivity index (χ1n) is 7.00. The molecule has 1 amide bonds. The molecule has 23 heavy (non-hydrogen) atoms. The lowest BCUT2D eigenvalue weighted by atomic mass is 10.1. The molecule has 6 heteroatoms. The van der Waals surface area contributed by atoms with Crippen LogP contribution in [-0.4, -0.2) is 16.1 Å². The van der Waals surface area contributed by atoms with Crippen LogP contribution in [0.3, 0.4) is 0 Å². The Bertz CT molecular complexity index is 836. The number of halogens is 1. The van der Waals surface area contributed by atoms with Gasteiger partial charge in [0, 0.05) is 15.6 Å². The maximum Gasteiger partial charge on any atom is 0.322 e. The van der Waals surface area contributed by atoms with Crippen LogP contribution in [0.2, 0.25) is 0 Å². The molecule has 0 saturated carbocycles. The second kappa shape index (κ2) is 6.34. The van der Waals surface area contributed by atoms with Gasteiger partial charge in [0.1, 0.15) is 0 Å². The van der Waals surface area contributed by atoms with Crippen molar-refractivity contribution in [2.45, 2.75) is 13.8 Å². The Morgan fingerprint density at radius 2 is 1.70 bits per heavy atom. The Labute approximate surface area is 141 Å². The van der Waals surface area contributed by atoms with E-state index in [0.717, 1.165) is 21.2 Å². The molecular formula is C17H14BrN3O2. The van der Waals surface area contributed by atoms with Gasteiger partial charge in [0.05, 0.1) is 0 Å². The number of rotatable bonds is 3. The Morgan fingerprint density at radius 1 is 1.04 bits per heavy atom. The van der Waals surface area contributed by atoms with Gasteiger partial charge in [-0.15, -0.1) is 5.10 Å². The number of nitrogens with zero attached hydrogens (tertiary/aromatic N) is 2. The molecule has 0 aliphatic rings. The zero-order valence-electron chi connectivity index (χ0n) is 12.6. The van der Waals surface area contributed by atoms with Crippen LogP contribution in [0, 0.1) is 13.8 Å². The van der Waals surface area contributed by atoms with Crippen molar-refractivity contribution in [1.29, 1.82) is 0 Å². The van der Waals surface area contributed by atoms with Crippen LogP contribution in [0.1, 0.15) is 21.5 Å².